The molecule has 2 N–H and O–H groups in total. The van der Waals surface area contributed by atoms with Crippen molar-refractivity contribution in [1.29, 1.82) is 0 Å². The van der Waals surface area contributed by atoms with Crippen molar-refractivity contribution in [3.63, 3.8) is 0 Å². The van der Waals surface area contributed by atoms with E-state index in [1.54, 1.807) is 12.3 Å². The van der Waals surface area contributed by atoms with Crippen molar-refractivity contribution in [1.82, 2.24) is 9.97 Å². The molecule has 24 heavy (non-hydrogen) atoms. The Bertz CT molecular complexity index is 911. The number of aromatic nitrogens is 2. The van der Waals surface area contributed by atoms with Gasteiger partial charge in [-0.25, -0.2) is 13.8 Å². The molecule has 0 atom stereocenters. The maximum Gasteiger partial charge on any atom is 0.201 e. The molecule has 1 aromatic carbocycles. The third kappa shape index (κ3) is 2.54. The van der Waals surface area contributed by atoms with Crippen molar-refractivity contribution >= 4 is 22.5 Å². The molecule has 1 fully saturated rings. The quantitative estimate of drug-likeness (QED) is 0.699. The summed E-state index contributed by atoms with van der Waals surface area (Å²) in [5, 5.41) is 3.87. The van der Waals surface area contributed by atoms with E-state index in [1.807, 2.05) is 0 Å². The second-order valence-electron chi connectivity index (χ2n) is 6.03. The van der Waals surface area contributed by atoms with Crippen molar-refractivity contribution < 1.29 is 13.6 Å². The summed E-state index contributed by atoms with van der Waals surface area (Å²) < 4.78 is 27.9. The zero-order valence-electron chi connectivity index (χ0n) is 12.8. The van der Waals surface area contributed by atoms with E-state index in [9.17, 15) is 13.6 Å². The van der Waals surface area contributed by atoms with Gasteiger partial charge in [-0.2, -0.15) is 0 Å². The van der Waals surface area contributed by atoms with Gasteiger partial charge in [-0.3, -0.25) is 4.79 Å². The van der Waals surface area contributed by atoms with Gasteiger partial charge < -0.3 is 10.3 Å². The molecule has 0 saturated heterocycles. The number of nitrogens with one attached hydrogen (secondary N) is 2. The van der Waals surface area contributed by atoms with E-state index in [2.05, 4.69) is 15.3 Å². The molecule has 4 nitrogen and oxygen atoms in total. The average molecular weight is 327 g/mol. The summed E-state index contributed by atoms with van der Waals surface area (Å²) in [7, 11) is 0. The van der Waals surface area contributed by atoms with Gasteiger partial charge in [0.2, 0.25) is 5.78 Å². The third-order valence-corrected chi connectivity index (χ3v) is 4.29. The molecule has 0 aliphatic heterocycles. The lowest BCUT2D eigenvalue weighted by atomic mass is 10.0. The van der Waals surface area contributed by atoms with E-state index >= 15 is 0 Å². The Morgan fingerprint density at radius 2 is 2.00 bits per heavy atom. The van der Waals surface area contributed by atoms with E-state index < -0.39 is 23.0 Å². The summed E-state index contributed by atoms with van der Waals surface area (Å²) in [5.74, 6) is -1.79. The Balaban J connectivity index is 1.79. The lowest BCUT2D eigenvalue weighted by Crippen LogP contribution is -2.09. The van der Waals surface area contributed by atoms with Crippen LogP contribution >= 0.6 is 0 Å². The van der Waals surface area contributed by atoms with Gasteiger partial charge in [0.25, 0.3) is 0 Å². The van der Waals surface area contributed by atoms with Crippen LogP contribution in [0.2, 0.25) is 0 Å². The highest BCUT2D eigenvalue weighted by molar-refractivity contribution is 6.18. The number of rotatable bonds is 5. The number of aromatic amines is 1. The standard InChI is InChI=1S/C18H15F2N3O/c19-12-2-1-3-13(20)16(12)17(24)11-9-23-18-15(11)14(6-7-21-18)22-8-10-4-5-10/h1-3,6-7,9-10H,4-5,8H2,(H2,21,22,23). The molecule has 0 spiro atoms. The third-order valence-electron chi connectivity index (χ3n) is 4.29. The van der Waals surface area contributed by atoms with Crippen LogP contribution in [0.4, 0.5) is 14.5 Å². The molecule has 122 valence electrons. The predicted molar refractivity (Wildman–Crippen MR) is 87.1 cm³/mol. The normalized spacial score (nSPS) is 14.1. The molecule has 4 rings (SSSR count). The number of nitrogens with zero attached hydrogens (tertiary/aromatic N) is 1. The second kappa shape index (κ2) is 5.70. The first-order valence-electron chi connectivity index (χ1n) is 7.84. The Labute approximate surface area is 136 Å². The topological polar surface area (TPSA) is 57.8 Å². The molecule has 6 heteroatoms. The number of pyridine rings is 1. The number of ketones is 1. The highest BCUT2D eigenvalue weighted by Gasteiger charge is 2.24. The van der Waals surface area contributed by atoms with Crippen LogP contribution in [0.1, 0.15) is 28.8 Å². The molecule has 1 aliphatic rings. The van der Waals surface area contributed by atoms with Crippen molar-refractivity contribution in [3.05, 3.63) is 59.4 Å². The molecule has 2 aromatic heterocycles. The van der Waals surface area contributed by atoms with Crippen molar-refractivity contribution in [2.45, 2.75) is 12.8 Å². The molecule has 1 aliphatic carbocycles. The zero-order valence-corrected chi connectivity index (χ0v) is 12.8. The fourth-order valence-corrected chi connectivity index (χ4v) is 2.81. The van der Waals surface area contributed by atoms with Gasteiger partial charge >= 0.3 is 0 Å². The smallest absolute Gasteiger partial charge is 0.201 e. The number of fused-ring (bicyclic) bond motifs is 1. The van der Waals surface area contributed by atoms with Crippen LogP contribution in [-0.2, 0) is 0 Å². The minimum Gasteiger partial charge on any atom is -0.384 e. The SMILES string of the molecule is O=C(c1c(F)cccc1F)c1c[nH]c2nccc(NCC3CC3)c12. The van der Waals surface area contributed by atoms with Gasteiger partial charge in [0.15, 0.2) is 0 Å². The summed E-state index contributed by atoms with van der Waals surface area (Å²) >= 11 is 0. The van der Waals surface area contributed by atoms with E-state index in [0.29, 0.717) is 17.0 Å². The average Bonchev–Trinajstić information content (AvgIpc) is 3.29. The summed E-state index contributed by atoms with van der Waals surface area (Å²) in [4.78, 5) is 19.8. The lowest BCUT2D eigenvalue weighted by molar-refractivity contribution is 0.103. The number of carbonyl (C=O) groups excluding carboxylic acids is 1. The molecule has 2 heterocycles. The maximum absolute atomic E-state index is 14.0. The Hall–Kier alpha value is -2.76. The monoisotopic (exact) mass is 327 g/mol. The fraction of sp³-hybridized carbons (Fsp3) is 0.222. The summed E-state index contributed by atoms with van der Waals surface area (Å²) in [6, 6.07) is 5.17. The van der Waals surface area contributed by atoms with Gasteiger partial charge in [0, 0.05) is 24.6 Å². The van der Waals surface area contributed by atoms with Crippen molar-refractivity contribution in [2.75, 3.05) is 11.9 Å². The van der Waals surface area contributed by atoms with E-state index in [-0.39, 0.29) is 5.56 Å². The van der Waals surface area contributed by atoms with Gasteiger partial charge in [-0.1, -0.05) is 6.07 Å². The maximum atomic E-state index is 14.0. The van der Waals surface area contributed by atoms with Crippen LogP contribution < -0.4 is 5.32 Å². The number of halogens is 2. The molecule has 0 unspecified atom stereocenters. The molecule has 3 aromatic rings. The van der Waals surface area contributed by atoms with E-state index in [1.165, 1.54) is 25.1 Å². The molecule has 1 saturated carbocycles. The molecule has 0 bridgehead atoms. The fourth-order valence-electron chi connectivity index (χ4n) is 2.81. The van der Waals surface area contributed by atoms with Gasteiger partial charge in [-0.15, -0.1) is 0 Å². The van der Waals surface area contributed by atoms with E-state index in [4.69, 9.17) is 0 Å². The highest BCUT2D eigenvalue weighted by atomic mass is 19.1. The van der Waals surface area contributed by atoms with Crippen molar-refractivity contribution in [3.8, 4) is 0 Å². The van der Waals surface area contributed by atoms with Crippen LogP contribution in [0.3, 0.4) is 0 Å². The van der Waals surface area contributed by atoms with Gasteiger partial charge in [0.05, 0.1) is 16.5 Å². The molecule has 0 radical (unpaired) electrons. The number of hydrogen-bond donors (Lipinski definition) is 2. The largest absolute Gasteiger partial charge is 0.384 e. The summed E-state index contributed by atoms with van der Waals surface area (Å²) in [5.41, 5.74) is 0.917. The van der Waals surface area contributed by atoms with Crippen LogP contribution in [0.5, 0.6) is 0 Å². The Morgan fingerprint density at radius 3 is 2.71 bits per heavy atom. The molecular weight excluding hydrogens is 312 g/mol. The minimum absolute atomic E-state index is 0.209. The first-order chi connectivity index (χ1) is 11.6. The van der Waals surface area contributed by atoms with Crippen LogP contribution in [0.15, 0.2) is 36.7 Å². The van der Waals surface area contributed by atoms with Crippen LogP contribution in [0.25, 0.3) is 11.0 Å². The Morgan fingerprint density at radius 1 is 1.25 bits per heavy atom. The number of carbonyl (C=O) groups is 1. The lowest BCUT2D eigenvalue weighted by Gasteiger charge is -2.09. The number of benzene rings is 1. The number of hydrogen-bond acceptors (Lipinski definition) is 3. The summed E-state index contributed by atoms with van der Waals surface area (Å²) in [6.45, 7) is 0.811. The molecular formula is C18H15F2N3O. The van der Waals surface area contributed by atoms with E-state index in [0.717, 1.165) is 24.4 Å². The van der Waals surface area contributed by atoms with Crippen LogP contribution in [0, 0.1) is 17.6 Å². The zero-order chi connectivity index (χ0) is 16.7. The Kier molecular flexibility index (Phi) is 3.52. The predicted octanol–water partition coefficient (Wildman–Crippen LogP) is 3.89. The van der Waals surface area contributed by atoms with Crippen LogP contribution in [-0.4, -0.2) is 22.3 Å². The number of anilines is 1. The number of H-pyrrole nitrogens is 1. The first-order valence-corrected chi connectivity index (χ1v) is 7.84. The first kappa shape index (κ1) is 14.8. The van der Waals surface area contributed by atoms with Crippen molar-refractivity contribution in [2.24, 2.45) is 5.92 Å². The van der Waals surface area contributed by atoms with Gasteiger partial charge in [-0.05, 0) is 37.0 Å². The molecule has 0 amide bonds. The summed E-state index contributed by atoms with van der Waals surface area (Å²) in [6.07, 6.45) is 5.47. The second-order valence-corrected chi connectivity index (χ2v) is 6.03. The minimum atomic E-state index is -0.870. The van der Waals surface area contributed by atoms with Gasteiger partial charge in [0.1, 0.15) is 17.3 Å². The highest BCUT2D eigenvalue weighted by Crippen LogP contribution is 2.32.